The molecular formula is C12H16N4O2S2. The van der Waals surface area contributed by atoms with E-state index in [1.54, 1.807) is 6.92 Å². The molecule has 108 valence electrons. The molecule has 0 aliphatic rings. The second-order valence-electron chi connectivity index (χ2n) is 3.98. The van der Waals surface area contributed by atoms with Gasteiger partial charge in [-0.1, -0.05) is 42.1 Å². The molecule has 0 saturated heterocycles. The van der Waals surface area contributed by atoms with Gasteiger partial charge in [-0.25, -0.2) is 18.1 Å². The third-order valence-corrected chi connectivity index (χ3v) is 4.80. The standard InChI is InChI=1S/C12H16N4O2S2/c1-2-20(17,18)13-8-9-19-12-14-11(15-16-12)10-6-4-3-5-7-10/h3-7,13H,2,8-9H2,1H3,(H,14,15,16). The van der Waals surface area contributed by atoms with Crippen molar-refractivity contribution in [2.24, 2.45) is 0 Å². The van der Waals surface area contributed by atoms with E-state index in [2.05, 4.69) is 19.9 Å². The van der Waals surface area contributed by atoms with E-state index in [1.165, 1.54) is 11.8 Å². The number of hydrogen-bond donors (Lipinski definition) is 2. The van der Waals surface area contributed by atoms with E-state index in [0.29, 0.717) is 23.3 Å². The highest BCUT2D eigenvalue weighted by atomic mass is 32.2. The van der Waals surface area contributed by atoms with Crippen LogP contribution in [0.4, 0.5) is 0 Å². The number of hydrogen-bond acceptors (Lipinski definition) is 5. The lowest BCUT2D eigenvalue weighted by atomic mass is 10.2. The molecule has 0 spiro atoms. The van der Waals surface area contributed by atoms with Crippen molar-refractivity contribution in [1.82, 2.24) is 19.9 Å². The van der Waals surface area contributed by atoms with Crippen LogP contribution in [0.15, 0.2) is 35.5 Å². The summed E-state index contributed by atoms with van der Waals surface area (Å²) in [7, 11) is -3.12. The van der Waals surface area contributed by atoms with Crippen LogP contribution in [0, 0.1) is 0 Å². The third-order valence-electron chi connectivity index (χ3n) is 2.55. The first kappa shape index (κ1) is 15.0. The summed E-state index contributed by atoms with van der Waals surface area (Å²) >= 11 is 1.41. The summed E-state index contributed by atoms with van der Waals surface area (Å²) in [5.74, 6) is 1.39. The Morgan fingerprint density at radius 1 is 1.30 bits per heavy atom. The van der Waals surface area contributed by atoms with Gasteiger partial charge in [0, 0.05) is 17.9 Å². The van der Waals surface area contributed by atoms with Gasteiger partial charge in [-0.15, -0.1) is 5.10 Å². The Balaban J connectivity index is 1.85. The molecule has 0 atom stereocenters. The molecule has 0 aliphatic carbocycles. The zero-order valence-electron chi connectivity index (χ0n) is 11.0. The van der Waals surface area contributed by atoms with Crippen molar-refractivity contribution >= 4 is 21.8 Å². The van der Waals surface area contributed by atoms with Crippen molar-refractivity contribution in [3.05, 3.63) is 30.3 Å². The smallest absolute Gasteiger partial charge is 0.211 e. The van der Waals surface area contributed by atoms with Gasteiger partial charge in [0.15, 0.2) is 5.82 Å². The van der Waals surface area contributed by atoms with Crippen LogP contribution in [0.25, 0.3) is 11.4 Å². The molecule has 0 aliphatic heterocycles. The number of rotatable bonds is 7. The Bertz CT molecular complexity index is 640. The van der Waals surface area contributed by atoms with Crippen LogP contribution in [0.3, 0.4) is 0 Å². The fourth-order valence-corrected chi connectivity index (χ4v) is 2.88. The maximum absolute atomic E-state index is 11.2. The first-order valence-corrected chi connectivity index (χ1v) is 8.82. The van der Waals surface area contributed by atoms with E-state index >= 15 is 0 Å². The fraction of sp³-hybridized carbons (Fsp3) is 0.333. The molecule has 0 saturated carbocycles. The van der Waals surface area contributed by atoms with E-state index in [-0.39, 0.29) is 5.75 Å². The second-order valence-corrected chi connectivity index (χ2v) is 7.14. The molecule has 0 amide bonds. The quantitative estimate of drug-likeness (QED) is 0.597. The predicted molar refractivity (Wildman–Crippen MR) is 80.0 cm³/mol. The van der Waals surface area contributed by atoms with Crippen LogP contribution in [0.5, 0.6) is 0 Å². The second kappa shape index (κ2) is 6.87. The van der Waals surface area contributed by atoms with E-state index in [9.17, 15) is 8.42 Å². The minimum atomic E-state index is -3.12. The molecule has 8 heteroatoms. The average Bonchev–Trinajstić information content (AvgIpc) is 2.93. The summed E-state index contributed by atoms with van der Waals surface area (Å²) in [6.07, 6.45) is 0. The topological polar surface area (TPSA) is 87.7 Å². The molecule has 1 heterocycles. The van der Waals surface area contributed by atoms with Crippen molar-refractivity contribution < 1.29 is 8.42 Å². The van der Waals surface area contributed by atoms with E-state index < -0.39 is 10.0 Å². The highest BCUT2D eigenvalue weighted by molar-refractivity contribution is 7.99. The SMILES string of the molecule is CCS(=O)(=O)NCCSc1n[nH]c(-c2ccccc2)n1. The maximum atomic E-state index is 11.2. The molecule has 0 bridgehead atoms. The molecule has 0 fully saturated rings. The minimum absolute atomic E-state index is 0.0937. The summed E-state index contributed by atoms with van der Waals surface area (Å²) in [5, 5.41) is 7.58. The minimum Gasteiger partial charge on any atom is -0.258 e. The van der Waals surface area contributed by atoms with E-state index in [0.717, 1.165) is 5.56 Å². The lowest BCUT2D eigenvalue weighted by molar-refractivity contribution is 0.585. The fourth-order valence-electron chi connectivity index (χ4n) is 1.48. The van der Waals surface area contributed by atoms with Crippen molar-refractivity contribution in [3.63, 3.8) is 0 Å². The maximum Gasteiger partial charge on any atom is 0.211 e. The number of sulfonamides is 1. The Kier molecular flexibility index (Phi) is 5.16. The molecule has 1 aromatic heterocycles. The number of aromatic nitrogens is 3. The molecule has 20 heavy (non-hydrogen) atoms. The van der Waals surface area contributed by atoms with Gasteiger partial charge in [0.25, 0.3) is 0 Å². The van der Waals surface area contributed by atoms with Crippen LogP contribution in [-0.4, -0.2) is 41.6 Å². The molecule has 6 nitrogen and oxygen atoms in total. The van der Waals surface area contributed by atoms with Crippen molar-refractivity contribution in [2.75, 3.05) is 18.1 Å². The molecule has 1 aromatic carbocycles. The molecular weight excluding hydrogens is 296 g/mol. The number of H-pyrrole nitrogens is 1. The van der Waals surface area contributed by atoms with Gasteiger partial charge in [-0.05, 0) is 6.92 Å². The van der Waals surface area contributed by atoms with Gasteiger partial charge in [-0.3, -0.25) is 5.10 Å². The molecule has 0 unspecified atom stereocenters. The summed E-state index contributed by atoms with van der Waals surface area (Å²) in [4.78, 5) is 4.35. The zero-order valence-corrected chi connectivity index (χ0v) is 12.7. The number of nitrogens with zero attached hydrogens (tertiary/aromatic N) is 2. The lowest BCUT2D eigenvalue weighted by Gasteiger charge is -2.01. The summed E-state index contributed by atoms with van der Waals surface area (Å²) in [6.45, 7) is 1.98. The monoisotopic (exact) mass is 312 g/mol. The summed E-state index contributed by atoms with van der Waals surface area (Å²) < 4.78 is 25.0. The largest absolute Gasteiger partial charge is 0.258 e. The number of aromatic amines is 1. The van der Waals surface area contributed by atoms with Gasteiger partial charge in [0.1, 0.15) is 0 Å². The Morgan fingerprint density at radius 2 is 2.05 bits per heavy atom. The van der Waals surface area contributed by atoms with Crippen LogP contribution in [0.1, 0.15) is 6.92 Å². The Hall–Kier alpha value is -1.38. The highest BCUT2D eigenvalue weighted by Crippen LogP contribution is 2.18. The summed E-state index contributed by atoms with van der Waals surface area (Å²) in [6, 6.07) is 9.71. The predicted octanol–water partition coefficient (Wildman–Crippen LogP) is 1.50. The number of nitrogens with one attached hydrogen (secondary N) is 2. The number of thioether (sulfide) groups is 1. The van der Waals surface area contributed by atoms with E-state index in [1.807, 2.05) is 30.3 Å². The highest BCUT2D eigenvalue weighted by Gasteiger charge is 2.07. The molecule has 2 N–H and O–H groups in total. The van der Waals surface area contributed by atoms with Crippen molar-refractivity contribution in [1.29, 1.82) is 0 Å². The van der Waals surface area contributed by atoms with Gasteiger partial charge in [0.05, 0.1) is 5.75 Å². The van der Waals surface area contributed by atoms with E-state index in [4.69, 9.17) is 0 Å². The van der Waals surface area contributed by atoms with Gasteiger partial charge in [-0.2, -0.15) is 0 Å². The van der Waals surface area contributed by atoms with Crippen molar-refractivity contribution in [2.45, 2.75) is 12.1 Å². The first-order chi connectivity index (χ1) is 9.61. The van der Waals surface area contributed by atoms with Crippen LogP contribution in [0.2, 0.25) is 0 Å². The Morgan fingerprint density at radius 3 is 2.75 bits per heavy atom. The zero-order chi connectivity index (χ0) is 14.4. The van der Waals surface area contributed by atoms with Crippen molar-refractivity contribution in [3.8, 4) is 11.4 Å². The van der Waals surface area contributed by atoms with Crippen LogP contribution >= 0.6 is 11.8 Å². The van der Waals surface area contributed by atoms with Crippen LogP contribution < -0.4 is 4.72 Å². The number of benzene rings is 1. The van der Waals surface area contributed by atoms with Gasteiger partial charge < -0.3 is 0 Å². The molecule has 0 radical (unpaired) electrons. The first-order valence-electron chi connectivity index (χ1n) is 6.18. The molecule has 2 aromatic rings. The van der Waals surface area contributed by atoms with Gasteiger partial charge >= 0.3 is 0 Å². The van der Waals surface area contributed by atoms with Gasteiger partial charge in [0.2, 0.25) is 15.2 Å². The third kappa shape index (κ3) is 4.32. The van der Waals surface area contributed by atoms with Crippen LogP contribution in [-0.2, 0) is 10.0 Å². The summed E-state index contributed by atoms with van der Waals surface area (Å²) in [5.41, 5.74) is 0.971. The average molecular weight is 312 g/mol. The molecule has 2 rings (SSSR count). The lowest BCUT2D eigenvalue weighted by Crippen LogP contribution is -2.27. The normalized spacial score (nSPS) is 11.7. The Labute approximate surface area is 122 Å².